The molecule has 4 nitrogen and oxygen atoms in total. The Bertz CT molecular complexity index is 243. The van der Waals surface area contributed by atoms with Crippen LogP contribution in [0.1, 0.15) is 34.6 Å². The number of ether oxygens (including phenoxy) is 1. The van der Waals surface area contributed by atoms with Crippen LogP contribution in [0.25, 0.3) is 0 Å². The molecule has 1 N–H and O–H groups in total. The van der Waals surface area contributed by atoms with Gasteiger partial charge in [0.15, 0.2) is 0 Å². The molecule has 0 aliphatic carbocycles. The molecule has 1 amide bonds. The lowest BCUT2D eigenvalue weighted by atomic mass is 10.0. The number of hydrogen-bond donors (Lipinski definition) is 1. The fourth-order valence-electron chi connectivity index (χ4n) is 2.21. The predicted octanol–water partition coefficient (Wildman–Crippen LogP) is 1.21. The van der Waals surface area contributed by atoms with Crippen LogP contribution in [0, 0.1) is 5.92 Å². The first-order valence-electron chi connectivity index (χ1n) is 6.15. The molecule has 3 unspecified atom stereocenters. The Morgan fingerprint density at radius 3 is 2.44 bits per heavy atom. The number of nitrogens with one attached hydrogen (secondary N) is 1. The molecule has 3 atom stereocenters. The molecule has 0 spiro atoms. The average Bonchev–Trinajstić information content (AvgIpc) is 2.44. The average molecular weight is 228 g/mol. The molecule has 4 heteroatoms. The van der Waals surface area contributed by atoms with Gasteiger partial charge in [-0.3, -0.25) is 10.1 Å². The third kappa shape index (κ3) is 2.74. The van der Waals surface area contributed by atoms with E-state index in [0.717, 1.165) is 0 Å². The monoisotopic (exact) mass is 228 g/mol. The van der Waals surface area contributed by atoms with Crippen LogP contribution in [-0.2, 0) is 9.53 Å². The lowest BCUT2D eigenvalue weighted by Gasteiger charge is -2.33. The molecule has 1 aliphatic rings. The molecule has 0 bridgehead atoms. The Hall–Kier alpha value is -0.610. The second-order valence-corrected chi connectivity index (χ2v) is 4.78. The Morgan fingerprint density at radius 2 is 2.06 bits per heavy atom. The minimum Gasteiger partial charge on any atom is -0.380 e. The van der Waals surface area contributed by atoms with Gasteiger partial charge in [0, 0.05) is 6.61 Å². The molecule has 1 rings (SSSR count). The Balaban J connectivity index is 2.73. The van der Waals surface area contributed by atoms with Crippen LogP contribution in [0.5, 0.6) is 0 Å². The highest BCUT2D eigenvalue weighted by atomic mass is 16.5. The predicted molar refractivity (Wildman–Crippen MR) is 64.0 cm³/mol. The van der Waals surface area contributed by atoms with Crippen molar-refractivity contribution in [2.24, 2.45) is 5.92 Å². The van der Waals surface area contributed by atoms with Gasteiger partial charge in [0.05, 0.1) is 24.9 Å². The first kappa shape index (κ1) is 13.5. The minimum atomic E-state index is -0.0714. The van der Waals surface area contributed by atoms with Crippen LogP contribution in [0.2, 0.25) is 0 Å². The molecular weight excluding hydrogens is 204 g/mol. The summed E-state index contributed by atoms with van der Waals surface area (Å²) in [6.45, 7) is 11.5. The number of rotatable bonds is 5. The smallest absolute Gasteiger partial charge is 0.241 e. The number of amides is 1. The molecule has 1 heterocycles. The second-order valence-electron chi connectivity index (χ2n) is 4.78. The summed E-state index contributed by atoms with van der Waals surface area (Å²) in [6, 6.07) is 0.0952. The Labute approximate surface area is 98.3 Å². The zero-order valence-electron chi connectivity index (χ0n) is 11.0. The summed E-state index contributed by atoms with van der Waals surface area (Å²) in [6.07, 6.45) is 0.107. The highest BCUT2D eigenvalue weighted by molar-refractivity contribution is 5.84. The quantitative estimate of drug-likeness (QED) is 0.769. The number of carbonyl (C=O) groups excluding carboxylic acids is 1. The molecular formula is C12H24N2O2. The summed E-state index contributed by atoms with van der Waals surface area (Å²) in [5.41, 5.74) is 0. The van der Waals surface area contributed by atoms with Gasteiger partial charge in [-0.25, -0.2) is 0 Å². The van der Waals surface area contributed by atoms with E-state index < -0.39 is 0 Å². The van der Waals surface area contributed by atoms with Crippen molar-refractivity contribution in [1.29, 1.82) is 0 Å². The van der Waals surface area contributed by atoms with Gasteiger partial charge in [-0.2, -0.15) is 0 Å². The third-order valence-electron chi connectivity index (χ3n) is 3.15. The van der Waals surface area contributed by atoms with Crippen molar-refractivity contribution in [2.45, 2.75) is 52.9 Å². The topological polar surface area (TPSA) is 41.6 Å². The van der Waals surface area contributed by atoms with Crippen LogP contribution in [0.4, 0.5) is 0 Å². The molecule has 0 radical (unpaired) electrons. The number of hydrogen-bond acceptors (Lipinski definition) is 3. The number of nitrogens with zero attached hydrogens (tertiary/aromatic N) is 1. The Kier molecular flexibility index (Phi) is 4.74. The van der Waals surface area contributed by atoms with Crippen LogP contribution < -0.4 is 5.32 Å². The SMILES string of the molecule is CCOCC(C(C)C)N1C(=O)C(C)NC1C. The van der Waals surface area contributed by atoms with Gasteiger partial charge < -0.3 is 9.64 Å². The van der Waals surface area contributed by atoms with Gasteiger partial charge in [0.25, 0.3) is 0 Å². The van der Waals surface area contributed by atoms with Gasteiger partial charge in [-0.15, -0.1) is 0 Å². The second kappa shape index (κ2) is 5.64. The van der Waals surface area contributed by atoms with Crippen LogP contribution in [0.3, 0.4) is 0 Å². The minimum absolute atomic E-state index is 0.0714. The maximum atomic E-state index is 12.0. The first-order chi connectivity index (χ1) is 7.49. The Morgan fingerprint density at radius 1 is 1.44 bits per heavy atom. The maximum Gasteiger partial charge on any atom is 0.241 e. The van der Waals surface area contributed by atoms with E-state index in [2.05, 4.69) is 19.2 Å². The summed E-state index contributed by atoms with van der Waals surface area (Å²) in [5.74, 6) is 0.593. The fraction of sp³-hybridized carbons (Fsp3) is 0.917. The van der Waals surface area contributed by atoms with E-state index in [4.69, 9.17) is 4.74 Å². The molecule has 0 saturated carbocycles. The van der Waals surface area contributed by atoms with Crippen LogP contribution >= 0.6 is 0 Å². The van der Waals surface area contributed by atoms with Crippen molar-refractivity contribution in [3.8, 4) is 0 Å². The van der Waals surface area contributed by atoms with E-state index in [1.807, 2.05) is 25.7 Å². The largest absolute Gasteiger partial charge is 0.380 e. The van der Waals surface area contributed by atoms with Gasteiger partial charge in [0.1, 0.15) is 0 Å². The van der Waals surface area contributed by atoms with Crippen LogP contribution in [0.15, 0.2) is 0 Å². The zero-order chi connectivity index (χ0) is 12.3. The van der Waals surface area contributed by atoms with Crippen molar-refractivity contribution < 1.29 is 9.53 Å². The van der Waals surface area contributed by atoms with E-state index in [-0.39, 0.29) is 24.2 Å². The van der Waals surface area contributed by atoms with E-state index in [9.17, 15) is 4.79 Å². The van der Waals surface area contributed by atoms with Gasteiger partial charge in [0.2, 0.25) is 5.91 Å². The van der Waals surface area contributed by atoms with Crippen molar-refractivity contribution in [3.05, 3.63) is 0 Å². The van der Waals surface area contributed by atoms with E-state index in [1.54, 1.807) is 0 Å². The normalized spacial score (nSPS) is 27.9. The van der Waals surface area contributed by atoms with Crippen molar-refractivity contribution in [3.63, 3.8) is 0 Å². The summed E-state index contributed by atoms with van der Waals surface area (Å²) in [4.78, 5) is 14.0. The lowest BCUT2D eigenvalue weighted by Crippen LogP contribution is -2.48. The van der Waals surface area contributed by atoms with E-state index in [1.165, 1.54) is 0 Å². The highest BCUT2D eigenvalue weighted by Gasteiger charge is 2.39. The standard InChI is InChI=1S/C12H24N2O2/c1-6-16-7-11(8(2)3)14-10(5)13-9(4)12(14)15/h8-11,13H,6-7H2,1-5H3. The highest BCUT2D eigenvalue weighted by Crippen LogP contribution is 2.20. The third-order valence-corrected chi connectivity index (χ3v) is 3.15. The van der Waals surface area contributed by atoms with Crippen molar-refractivity contribution in [1.82, 2.24) is 10.2 Å². The van der Waals surface area contributed by atoms with Gasteiger partial charge in [-0.05, 0) is 26.7 Å². The molecule has 0 aromatic rings. The van der Waals surface area contributed by atoms with E-state index in [0.29, 0.717) is 19.1 Å². The molecule has 1 fully saturated rings. The molecule has 94 valence electrons. The van der Waals surface area contributed by atoms with Gasteiger partial charge in [-0.1, -0.05) is 13.8 Å². The molecule has 16 heavy (non-hydrogen) atoms. The van der Waals surface area contributed by atoms with Crippen LogP contribution in [-0.4, -0.2) is 42.3 Å². The van der Waals surface area contributed by atoms with Crippen molar-refractivity contribution >= 4 is 5.91 Å². The number of carbonyl (C=O) groups is 1. The molecule has 0 aromatic heterocycles. The fourth-order valence-corrected chi connectivity index (χ4v) is 2.21. The summed E-state index contributed by atoms with van der Waals surface area (Å²) < 4.78 is 5.48. The zero-order valence-corrected chi connectivity index (χ0v) is 11.0. The van der Waals surface area contributed by atoms with E-state index >= 15 is 0 Å². The van der Waals surface area contributed by atoms with Crippen molar-refractivity contribution in [2.75, 3.05) is 13.2 Å². The molecule has 1 aliphatic heterocycles. The first-order valence-corrected chi connectivity index (χ1v) is 6.15. The van der Waals surface area contributed by atoms with Gasteiger partial charge >= 0.3 is 0 Å². The summed E-state index contributed by atoms with van der Waals surface area (Å²) >= 11 is 0. The molecule has 1 saturated heterocycles. The summed E-state index contributed by atoms with van der Waals surface area (Å²) in [5, 5.41) is 3.25. The summed E-state index contributed by atoms with van der Waals surface area (Å²) in [7, 11) is 0. The molecule has 0 aromatic carbocycles. The maximum absolute atomic E-state index is 12.0. The lowest BCUT2D eigenvalue weighted by molar-refractivity contribution is -0.134.